The van der Waals surface area contributed by atoms with Gasteiger partial charge in [-0.3, -0.25) is 0 Å². The Bertz CT molecular complexity index is 599. The second kappa shape index (κ2) is 9.21. The number of ether oxygens (including phenoxy) is 3. The van der Waals surface area contributed by atoms with Crippen LogP contribution >= 0.6 is 0 Å². The van der Waals surface area contributed by atoms with Crippen LogP contribution in [0.3, 0.4) is 0 Å². The summed E-state index contributed by atoms with van der Waals surface area (Å²) >= 11 is 0. The van der Waals surface area contributed by atoms with E-state index in [-0.39, 0.29) is 5.41 Å². The van der Waals surface area contributed by atoms with Gasteiger partial charge in [-0.05, 0) is 29.0 Å². The first kappa shape index (κ1) is 19.9. The summed E-state index contributed by atoms with van der Waals surface area (Å²) in [4.78, 5) is 0. The van der Waals surface area contributed by atoms with E-state index in [4.69, 9.17) is 14.2 Å². The maximum Gasteiger partial charge on any atom is 0.133 e. The summed E-state index contributed by atoms with van der Waals surface area (Å²) in [5, 5.41) is 0. The summed E-state index contributed by atoms with van der Waals surface area (Å²) < 4.78 is 16.2. The van der Waals surface area contributed by atoms with Crippen LogP contribution < -0.4 is 0 Å². The Morgan fingerprint density at radius 1 is 1.00 bits per heavy atom. The van der Waals surface area contributed by atoms with Crippen molar-refractivity contribution in [1.29, 1.82) is 0 Å². The molecule has 132 valence electrons. The third-order valence-electron chi connectivity index (χ3n) is 3.72. The number of benzene rings is 1. The highest BCUT2D eigenvalue weighted by atomic mass is 16.5. The molecule has 0 unspecified atom stereocenters. The Morgan fingerprint density at radius 2 is 1.62 bits per heavy atom. The molecule has 0 amide bonds. The van der Waals surface area contributed by atoms with Gasteiger partial charge in [0.15, 0.2) is 0 Å². The summed E-state index contributed by atoms with van der Waals surface area (Å²) in [7, 11) is 4.94. The van der Waals surface area contributed by atoms with Gasteiger partial charge in [0.1, 0.15) is 11.5 Å². The van der Waals surface area contributed by atoms with Crippen LogP contribution in [0.5, 0.6) is 0 Å². The van der Waals surface area contributed by atoms with E-state index in [1.807, 2.05) is 6.08 Å². The third-order valence-corrected chi connectivity index (χ3v) is 3.72. The minimum absolute atomic E-state index is 0.117. The molecule has 0 atom stereocenters. The highest BCUT2D eigenvalue weighted by Crippen LogP contribution is 2.31. The molecule has 1 rings (SSSR count). The monoisotopic (exact) mass is 330 g/mol. The molecule has 0 bridgehead atoms. The maximum absolute atomic E-state index is 5.62. The van der Waals surface area contributed by atoms with Crippen molar-refractivity contribution < 1.29 is 14.2 Å². The number of methoxy groups -OCH3 is 3. The smallest absolute Gasteiger partial charge is 0.133 e. The predicted octanol–water partition coefficient (Wildman–Crippen LogP) is 5.44. The SMILES string of the molecule is CC\C=C(OC)/C(=C(\C=C\OC)OC)c1ccc(C(C)(C)C)cc1. The molecule has 0 radical (unpaired) electrons. The van der Waals surface area contributed by atoms with Crippen molar-refractivity contribution in [2.45, 2.75) is 39.5 Å². The molecule has 3 nitrogen and oxygen atoms in total. The standard InChI is InChI=1S/C21H30O3/c1-8-9-18(23-6)20(19(24-7)14-15-22-5)16-10-12-17(13-11-16)21(2,3)4/h9-15H,8H2,1-7H3/b15-14+,18-9+,20-19+. The van der Waals surface area contributed by atoms with Crippen molar-refractivity contribution in [3.8, 4) is 0 Å². The molecule has 0 saturated carbocycles. The van der Waals surface area contributed by atoms with Crippen LogP contribution in [-0.2, 0) is 19.6 Å². The average Bonchev–Trinajstić information content (AvgIpc) is 2.56. The van der Waals surface area contributed by atoms with E-state index in [1.165, 1.54) is 5.56 Å². The molecule has 1 aromatic rings. The summed E-state index contributed by atoms with van der Waals surface area (Å²) in [5.74, 6) is 1.49. The molecule has 0 spiro atoms. The van der Waals surface area contributed by atoms with Gasteiger partial charge in [0.25, 0.3) is 0 Å². The normalized spacial score (nSPS) is 13.7. The van der Waals surface area contributed by atoms with Crippen LogP contribution in [0.2, 0.25) is 0 Å². The number of hydrogen-bond acceptors (Lipinski definition) is 3. The highest BCUT2D eigenvalue weighted by molar-refractivity contribution is 5.80. The fourth-order valence-corrected chi connectivity index (χ4v) is 2.40. The van der Waals surface area contributed by atoms with E-state index in [1.54, 1.807) is 33.7 Å². The molecule has 3 heteroatoms. The van der Waals surface area contributed by atoms with E-state index >= 15 is 0 Å². The first-order chi connectivity index (χ1) is 11.4. The maximum atomic E-state index is 5.62. The quantitative estimate of drug-likeness (QED) is 0.492. The molecule has 0 N–H and O–H groups in total. The van der Waals surface area contributed by atoms with Gasteiger partial charge in [-0.25, -0.2) is 0 Å². The fourth-order valence-electron chi connectivity index (χ4n) is 2.40. The van der Waals surface area contributed by atoms with Crippen molar-refractivity contribution in [3.63, 3.8) is 0 Å². The zero-order valence-electron chi connectivity index (χ0n) is 16.0. The Hall–Kier alpha value is -2.16. The fraction of sp³-hybridized carbons (Fsp3) is 0.429. The van der Waals surface area contributed by atoms with E-state index in [0.29, 0.717) is 5.76 Å². The van der Waals surface area contributed by atoms with Crippen molar-refractivity contribution in [1.82, 2.24) is 0 Å². The lowest BCUT2D eigenvalue weighted by Gasteiger charge is -2.20. The van der Waals surface area contributed by atoms with Gasteiger partial charge in [0.2, 0.25) is 0 Å². The van der Waals surface area contributed by atoms with E-state index in [9.17, 15) is 0 Å². The first-order valence-corrected chi connectivity index (χ1v) is 8.22. The van der Waals surface area contributed by atoms with Crippen molar-refractivity contribution in [2.24, 2.45) is 0 Å². The molecule has 0 saturated heterocycles. The van der Waals surface area contributed by atoms with Gasteiger partial charge in [-0.15, -0.1) is 0 Å². The molecule has 0 aromatic heterocycles. The predicted molar refractivity (Wildman–Crippen MR) is 101 cm³/mol. The van der Waals surface area contributed by atoms with Crippen molar-refractivity contribution >= 4 is 5.57 Å². The Balaban J connectivity index is 3.50. The van der Waals surface area contributed by atoms with Crippen LogP contribution in [-0.4, -0.2) is 21.3 Å². The summed E-state index contributed by atoms with van der Waals surface area (Å²) in [6.45, 7) is 8.70. The van der Waals surface area contributed by atoms with Gasteiger partial charge < -0.3 is 14.2 Å². The number of rotatable bonds is 7. The lowest BCUT2D eigenvalue weighted by molar-refractivity contribution is 0.286. The van der Waals surface area contributed by atoms with Crippen LogP contribution in [0.1, 0.15) is 45.2 Å². The topological polar surface area (TPSA) is 27.7 Å². The van der Waals surface area contributed by atoms with Crippen LogP contribution in [0, 0.1) is 0 Å². The molecular weight excluding hydrogens is 300 g/mol. The zero-order chi connectivity index (χ0) is 18.2. The molecule has 0 heterocycles. The van der Waals surface area contributed by atoms with Gasteiger partial charge in [0.05, 0.1) is 33.2 Å². The largest absolute Gasteiger partial charge is 0.504 e. The first-order valence-electron chi connectivity index (χ1n) is 8.22. The van der Waals surface area contributed by atoms with Crippen molar-refractivity contribution in [2.75, 3.05) is 21.3 Å². The number of allylic oxidation sites excluding steroid dienone is 3. The lowest BCUT2D eigenvalue weighted by atomic mass is 9.86. The number of hydrogen-bond donors (Lipinski definition) is 0. The van der Waals surface area contributed by atoms with Crippen LogP contribution in [0.15, 0.2) is 54.2 Å². The molecule has 0 fully saturated rings. The lowest BCUT2D eigenvalue weighted by Crippen LogP contribution is -2.10. The highest BCUT2D eigenvalue weighted by Gasteiger charge is 2.17. The molecule has 24 heavy (non-hydrogen) atoms. The zero-order valence-corrected chi connectivity index (χ0v) is 16.0. The molecular formula is C21H30O3. The van der Waals surface area contributed by atoms with Gasteiger partial charge >= 0.3 is 0 Å². The average molecular weight is 330 g/mol. The van der Waals surface area contributed by atoms with Gasteiger partial charge in [-0.1, -0.05) is 52.0 Å². The minimum atomic E-state index is 0.117. The summed E-state index contributed by atoms with van der Waals surface area (Å²) in [5.41, 5.74) is 3.36. The summed E-state index contributed by atoms with van der Waals surface area (Å²) in [6.07, 6.45) is 6.32. The van der Waals surface area contributed by atoms with Crippen LogP contribution in [0.25, 0.3) is 5.57 Å². The summed E-state index contributed by atoms with van der Waals surface area (Å²) in [6, 6.07) is 8.53. The molecule has 0 aliphatic heterocycles. The second-order valence-electron chi connectivity index (χ2n) is 6.49. The Labute approximate surface area is 146 Å². The van der Waals surface area contributed by atoms with Crippen LogP contribution in [0.4, 0.5) is 0 Å². The molecule has 0 aliphatic rings. The Kier molecular flexibility index (Phi) is 7.63. The van der Waals surface area contributed by atoms with Gasteiger partial charge in [-0.2, -0.15) is 0 Å². The Morgan fingerprint density at radius 3 is 2.04 bits per heavy atom. The third kappa shape index (κ3) is 5.19. The van der Waals surface area contributed by atoms with Crippen molar-refractivity contribution in [3.05, 3.63) is 65.3 Å². The second-order valence-corrected chi connectivity index (χ2v) is 6.49. The minimum Gasteiger partial charge on any atom is -0.504 e. The van der Waals surface area contributed by atoms with E-state index in [2.05, 4.69) is 52.0 Å². The van der Waals surface area contributed by atoms with E-state index in [0.717, 1.165) is 23.3 Å². The van der Waals surface area contributed by atoms with Gasteiger partial charge in [0, 0.05) is 6.08 Å². The van der Waals surface area contributed by atoms with E-state index < -0.39 is 0 Å². The molecule has 1 aromatic carbocycles. The molecule has 0 aliphatic carbocycles.